The number of rotatable bonds is 7. The zero-order chi connectivity index (χ0) is 14.9. The fraction of sp³-hybridized carbons (Fsp3) is 0.562. The average Bonchev–Trinajstić information content (AvgIpc) is 2.53. The van der Waals surface area contributed by atoms with E-state index in [4.69, 9.17) is 9.47 Å². The molecule has 1 fully saturated rings. The Kier molecular flexibility index (Phi) is 6.34. The number of piperidine rings is 1. The SMILES string of the molecule is COc1ccc(OCCNC(=O)CN2CCCCC2)cc1. The summed E-state index contributed by atoms with van der Waals surface area (Å²) in [4.78, 5) is 14.0. The normalized spacial score (nSPS) is 15.5. The van der Waals surface area contributed by atoms with Crippen LogP contribution in [0.1, 0.15) is 19.3 Å². The smallest absolute Gasteiger partial charge is 0.234 e. The number of likely N-dealkylation sites (tertiary alicyclic amines) is 1. The lowest BCUT2D eigenvalue weighted by molar-refractivity contribution is -0.122. The molecule has 0 aromatic heterocycles. The lowest BCUT2D eigenvalue weighted by Crippen LogP contribution is -2.40. The summed E-state index contributed by atoms with van der Waals surface area (Å²) in [5, 5.41) is 2.89. The van der Waals surface area contributed by atoms with E-state index in [1.165, 1.54) is 19.3 Å². The van der Waals surface area contributed by atoms with E-state index < -0.39 is 0 Å². The predicted molar refractivity (Wildman–Crippen MR) is 81.8 cm³/mol. The first-order chi connectivity index (χ1) is 10.3. The maximum Gasteiger partial charge on any atom is 0.234 e. The Morgan fingerprint density at radius 3 is 2.48 bits per heavy atom. The predicted octanol–water partition coefficient (Wildman–Crippen LogP) is 1.68. The fourth-order valence-corrected chi connectivity index (χ4v) is 2.41. The molecule has 21 heavy (non-hydrogen) atoms. The summed E-state index contributed by atoms with van der Waals surface area (Å²) in [7, 11) is 1.63. The molecule has 0 spiro atoms. The van der Waals surface area contributed by atoms with Crippen molar-refractivity contribution in [2.75, 3.05) is 39.9 Å². The van der Waals surface area contributed by atoms with E-state index in [1.54, 1.807) is 7.11 Å². The molecule has 1 aliphatic rings. The molecule has 1 aromatic carbocycles. The van der Waals surface area contributed by atoms with Gasteiger partial charge in [0.2, 0.25) is 5.91 Å². The lowest BCUT2D eigenvalue weighted by Gasteiger charge is -2.25. The molecule has 1 heterocycles. The first-order valence-electron chi connectivity index (χ1n) is 7.54. The second-order valence-electron chi connectivity index (χ2n) is 5.21. The molecular weight excluding hydrogens is 268 g/mol. The third-order valence-corrected chi connectivity index (χ3v) is 3.57. The maximum absolute atomic E-state index is 11.8. The molecule has 1 aromatic rings. The molecule has 1 aliphatic heterocycles. The van der Waals surface area contributed by atoms with Crippen LogP contribution in [-0.2, 0) is 4.79 Å². The Morgan fingerprint density at radius 1 is 1.14 bits per heavy atom. The Labute approximate surface area is 126 Å². The Balaban J connectivity index is 1.58. The van der Waals surface area contributed by atoms with Gasteiger partial charge in [0, 0.05) is 0 Å². The van der Waals surface area contributed by atoms with Gasteiger partial charge in [0.05, 0.1) is 20.2 Å². The summed E-state index contributed by atoms with van der Waals surface area (Å²) in [5.41, 5.74) is 0. The molecule has 1 N–H and O–H groups in total. The molecular formula is C16H24N2O3. The minimum absolute atomic E-state index is 0.0789. The van der Waals surface area contributed by atoms with Crippen molar-refractivity contribution in [1.29, 1.82) is 0 Å². The van der Waals surface area contributed by atoms with E-state index in [0.717, 1.165) is 24.6 Å². The van der Waals surface area contributed by atoms with Gasteiger partial charge in [0.15, 0.2) is 0 Å². The monoisotopic (exact) mass is 292 g/mol. The Morgan fingerprint density at radius 2 is 1.81 bits per heavy atom. The van der Waals surface area contributed by atoms with Crippen molar-refractivity contribution in [3.63, 3.8) is 0 Å². The highest BCUT2D eigenvalue weighted by molar-refractivity contribution is 5.77. The first-order valence-corrected chi connectivity index (χ1v) is 7.54. The van der Waals surface area contributed by atoms with Gasteiger partial charge in [0.1, 0.15) is 18.1 Å². The highest BCUT2D eigenvalue weighted by atomic mass is 16.5. The van der Waals surface area contributed by atoms with Gasteiger partial charge in [-0.05, 0) is 50.2 Å². The molecule has 0 aliphatic carbocycles. The van der Waals surface area contributed by atoms with E-state index in [-0.39, 0.29) is 5.91 Å². The zero-order valence-electron chi connectivity index (χ0n) is 12.6. The van der Waals surface area contributed by atoms with Crippen LogP contribution in [0.5, 0.6) is 11.5 Å². The van der Waals surface area contributed by atoms with Crippen molar-refractivity contribution in [1.82, 2.24) is 10.2 Å². The molecule has 2 rings (SSSR count). The van der Waals surface area contributed by atoms with E-state index in [1.807, 2.05) is 24.3 Å². The molecule has 1 amide bonds. The van der Waals surface area contributed by atoms with Crippen molar-refractivity contribution < 1.29 is 14.3 Å². The van der Waals surface area contributed by atoms with Crippen molar-refractivity contribution in [3.8, 4) is 11.5 Å². The number of carbonyl (C=O) groups excluding carboxylic acids is 1. The lowest BCUT2D eigenvalue weighted by atomic mass is 10.1. The van der Waals surface area contributed by atoms with Crippen LogP contribution in [0.2, 0.25) is 0 Å². The standard InChI is InChI=1S/C16H24N2O3/c1-20-14-5-7-15(8-6-14)21-12-9-17-16(19)13-18-10-3-2-4-11-18/h5-8H,2-4,9-13H2,1H3,(H,17,19). The van der Waals surface area contributed by atoms with Crippen LogP contribution in [0, 0.1) is 0 Å². The van der Waals surface area contributed by atoms with Gasteiger partial charge < -0.3 is 14.8 Å². The van der Waals surface area contributed by atoms with Gasteiger partial charge in [-0.25, -0.2) is 0 Å². The van der Waals surface area contributed by atoms with Gasteiger partial charge in [-0.1, -0.05) is 6.42 Å². The minimum atomic E-state index is 0.0789. The zero-order valence-corrected chi connectivity index (χ0v) is 12.6. The quantitative estimate of drug-likeness (QED) is 0.777. The molecule has 1 saturated heterocycles. The summed E-state index contributed by atoms with van der Waals surface area (Å²) in [6.07, 6.45) is 3.69. The van der Waals surface area contributed by atoms with Crippen molar-refractivity contribution in [2.24, 2.45) is 0 Å². The number of carbonyl (C=O) groups is 1. The summed E-state index contributed by atoms with van der Waals surface area (Å²) >= 11 is 0. The third-order valence-electron chi connectivity index (χ3n) is 3.57. The second kappa shape index (κ2) is 8.52. The highest BCUT2D eigenvalue weighted by Gasteiger charge is 2.13. The van der Waals surface area contributed by atoms with Crippen molar-refractivity contribution in [3.05, 3.63) is 24.3 Å². The van der Waals surface area contributed by atoms with E-state index in [9.17, 15) is 4.79 Å². The molecule has 0 atom stereocenters. The summed E-state index contributed by atoms with van der Waals surface area (Å²) in [6, 6.07) is 7.41. The number of amides is 1. The van der Waals surface area contributed by atoms with Gasteiger partial charge in [-0.15, -0.1) is 0 Å². The molecule has 0 unspecified atom stereocenters. The summed E-state index contributed by atoms with van der Waals surface area (Å²) in [5.74, 6) is 1.66. The largest absolute Gasteiger partial charge is 0.497 e. The van der Waals surface area contributed by atoms with E-state index >= 15 is 0 Å². The number of methoxy groups -OCH3 is 1. The number of ether oxygens (including phenoxy) is 2. The van der Waals surface area contributed by atoms with Gasteiger partial charge >= 0.3 is 0 Å². The van der Waals surface area contributed by atoms with Crippen molar-refractivity contribution >= 4 is 5.91 Å². The summed E-state index contributed by atoms with van der Waals surface area (Å²) in [6.45, 7) is 3.57. The molecule has 5 nitrogen and oxygen atoms in total. The van der Waals surface area contributed by atoms with Crippen LogP contribution in [-0.4, -0.2) is 50.7 Å². The van der Waals surface area contributed by atoms with Crippen LogP contribution in [0.25, 0.3) is 0 Å². The van der Waals surface area contributed by atoms with Gasteiger partial charge in [-0.2, -0.15) is 0 Å². The fourth-order valence-electron chi connectivity index (χ4n) is 2.41. The summed E-state index contributed by atoms with van der Waals surface area (Å²) < 4.78 is 10.6. The molecule has 0 radical (unpaired) electrons. The number of hydrogen-bond acceptors (Lipinski definition) is 4. The third kappa shape index (κ3) is 5.63. The Hall–Kier alpha value is -1.75. The Bertz CT molecular complexity index is 428. The van der Waals surface area contributed by atoms with Crippen LogP contribution < -0.4 is 14.8 Å². The minimum Gasteiger partial charge on any atom is -0.497 e. The first kappa shape index (κ1) is 15.6. The van der Waals surface area contributed by atoms with Gasteiger partial charge in [-0.3, -0.25) is 9.69 Å². The van der Waals surface area contributed by atoms with Crippen LogP contribution in [0.4, 0.5) is 0 Å². The highest BCUT2D eigenvalue weighted by Crippen LogP contribution is 2.16. The topological polar surface area (TPSA) is 50.8 Å². The van der Waals surface area contributed by atoms with E-state index in [0.29, 0.717) is 19.7 Å². The molecule has 0 saturated carbocycles. The number of hydrogen-bond donors (Lipinski definition) is 1. The number of nitrogens with zero attached hydrogens (tertiary/aromatic N) is 1. The maximum atomic E-state index is 11.8. The number of benzene rings is 1. The van der Waals surface area contributed by atoms with Crippen LogP contribution >= 0.6 is 0 Å². The second-order valence-corrected chi connectivity index (χ2v) is 5.21. The van der Waals surface area contributed by atoms with Crippen LogP contribution in [0.15, 0.2) is 24.3 Å². The number of nitrogens with one attached hydrogen (secondary N) is 1. The molecule has 116 valence electrons. The van der Waals surface area contributed by atoms with Crippen LogP contribution in [0.3, 0.4) is 0 Å². The van der Waals surface area contributed by atoms with E-state index in [2.05, 4.69) is 10.2 Å². The van der Waals surface area contributed by atoms with Crippen molar-refractivity contribution in [2.45, 2.75) is 19.3 Å². The van der Waals surface area contributed by atoms with Gasteiger partial charge in [0.25, 0.3) is 0 Å². The molecule has 0 bridgehead atoms. The average molecular weight is 292 g/mol. The molecule has 5 heteroatoms.